The van der Waals surface area contributed by atoms with Crippen LogP contribution < -0.4 is 0 Å². The van der Waals surface area contributed by atoms with Crippen molar-refractivity contribution in [3.05, 3.63) is 77.2 Å². The summed E-state index contributed by atoms with van der Waals surface area (Å²) in [5.41, 5.74) is 5.34. The van der Waals surface area contributed by atoms with E-state index < -0.39 is 0 Å². The predicted molar refractivity (Wildman–Crippen MR) is 97.0 cm³/mol. The second-order valence-corrected chi connectivity index (χ2v) is 6.23. The highest BCUT2D eigenvalue weighted by Gasteiger charge is 2.08. The zero-order valence-corrected chi connectivity index (χ0v) is 13.6. The van der Waals surface area contributed by atoms with Crippen LogP contribution in [0.5, 0.6) is 0 Å². The number of fused-ring (bicyclic) bond motifs is 1. The number of nitrogens with one attached hydrogen (secondary N) is 1. The van der Waals surface area contributed by atoms with Gasteiger partial charge in [-0.05, 0) is 35.9 Å². The molecular formula is C19H12Cl2N2. The summed E-state index contributed by atoms with van der Waals surface area (Å²) in [7, 11) is 0. The zero-order chi connectivity index (χ0) is 15.8. The number of hydrogen-bond donors (Lipinski definition) is 1. The fourth-order valence-corrected chi connectivity index (χ4v) is 3.02. The third kappa shape index (κ3) is 2.72. The molecule has 23 heavy (non-hydrogen) atoms. The van der Waals surface area contributed by atoms with Crippen LogP contribution in [0.2, 0.25) is 10.0 Å². The zero-order valence-electron chi connectivity index (χ0n) is 12.1. The van der Waals surface area contributed by atoms with E-state index in [1.807, 2.05) is 61.1 Å². The van der Waals surface area contributed by atoms with E-state index in [4.69, 9.17) is 23.2 Å². The van der Waals surface area contributed by atoms with Gasteiger partial charge in [-0.15, -0.1) is 0 Å². The maximum Gasteiger partial charge on any atom is 0.0475 e. The second-order valence-electron chi connectivity index (χ2n) is 5.36. The molecule has 4 heteroatoms. The summed E-state index contributed by atoms with van der Waals surface area (Å²) in [4.78, 5) is 7.66. The molecular weight excluding hydrogens is 327 g/mol. The lowest BCUT2D eigenvalue weighted by Gasteiger charge is -2.05. The van der Waals surface area contributed by atoms with E-state index in [-0.39, 0.29) is 0 Å². The first-order valence-corrected chi connectivity index (χ1v) is 7.94. The second kappa shape index (κ2) is 5.73. The number of aromatic amines is 1. The number of halogens is 2. The van der Waals surface area contributed by atoms with Crippen molar-refractivity contribution in [3.8, 4) is 22.3 Å². The van der Waals surface area contributed by atoms with Gasteiger partial charge in [0, 0.05) is 56.2 Å². The molecule has 0 saturated heterocycles. The van der Waals surface area contributed by atoms with Crippen LogP contribution >= 0.6 is 23.2 Å². The van der Waals surface area contributed by atoms with Crippen LogP contribution in [-0.4, -0.2) is 9.97 Å². The molecule has 2 aromatic carbocycles. The van der Waals surface area contributed by atoms with Gasteiger partial charge in [-0.1, -0.05) is 41.4 Å². The number of rotatable bonds is 2. The number of pyridine rings is 1. The normalized spacial score (nSPS) is 11.0. The van der Waals surface area contributed by atoms with Crippen LogP contribution in [0.1, 0.15) is 0 Å². The van der Waals surface area contributed by atoms with Crippen molar-refractivity contribution in [2.45, 2.75) is 0 Å². The molecule has 0 bridgehead atoms. The average Bonchev–Trinajstić information content (AvgIpc) is 2.98. The highest BCUT2D eigenvalue weighted by molar-refractivity contribution is 6.31. The van der Waals surface area contributed by atoms with E-state index in [1.54, 1.807) is 0 Å². The van der Waals surface area contributed by atoms with Gasteiger partial charge in [0.1, 0.15) is 0 Å². The lowest BCUT2D eigenvalue weighted by molar-refractivity contribution is 1.33. The number of H-pyrrole nitrogens is 1. The highest BCUT2D eigenvalue weighted by atomic mass is 35.5. The first kappa shape index (κ1) is 14.3. The molecule has 112 valence electrons. The van der Waals surface area contributed by atoms with Crippen molar-refractivity contribution in [3.63, 3.8) is 0 Å². The summed E-state index contributed by atoms with van der Waals surface area (Å²) >= 11 is 12.0. The summed E-state index contributed by atoms with van der Waals surface area (Å²) in [5.74, 6) is 0. The number of benzene rings is 2. The van der Waals surface area contributed by atoms with Crippen LogP contribution in [0.25, 0.3) is 33.2 Å². The summed E-state index contributed by atoms with van der Waals surface area (Å²) < 4.78 is 0. The third-order valence-corrected chi connectivity index (χ3v) is 4.36. The Hall–Kier alpha value is -2.29. The van der Waals surface area contributed by atoms with Gasteiger partial charge >= 0.3 is 0 Å². The highest BCUT2D eigenvalue weighted by Crippen LogP contribution is 2.32. The van der Waals surface area contributed by atoms with Crippen LogP contribution in [0.4, 0.5) is 0 Å². The lowest BCUT2D eigenvalue weighted by Crippen LogP contribution is -1.83. The van der Waals surface area contributed by atoms with Gasteiger partial charge < -0.3 is 4.98 Å². The Labute approximate surface area is 143 Å². The van der Waals surface area contributed by atoms with Gasteiger partial charge in [-0.3, -0.25) is 4.98 Å². The molecule has 0 saturated carbocycles. The Morgan fingerprint density at radius 1 is 0.739 bits per heavy atom. The van der Waals surface area contributed by atoms with Gasteiger partial charge in [-0.2, -0.15) is 0 Å². The van der Waals surface area contributed by atoms with Crippen molar-refractivity contribution in [1.29, 1.82) is 0 Å². The van der Waals surface area contributed by atoms with Crippen molar-refractivity contribution >= 4 is 34.1 Å². The first-order valence-electron chi connectivity index (χ1n) is 7.19. The van der Waals surface area contributed by atoms with Gasteiger partial charge in [0.25, 0.3) is 0 Å². The van der Waals surface area contributed by atoms with E-state index in [0.29, 0.717) is 0 Å². The fourth-order valence-electron chi connectivity index (χ4n) is 2.72. The van der Waals surface area contributed by atoms with Crippen LogP contribution in [0.15, 0.2) is 67.1 Å². The smallest absolute Gasteiger partial charge is 0.0475 e. The molecule has 2 nitrogen and oxygen atoms in total. The minimum absolute atomic E-state index is 0.721. The Kier molecular flexibility index (Phi) is 3.56. The van der Waals surface area contributed by atoms with Crippen LogP contribution in [0.3, 0.4) is 0 Å². The molecule has 4 aromatic rings. The minimum Gasteiger partial charge on any atom is -0.360 e. The maximum atomic E-state index is 6.05. The lowest BCUT2D eigenvalue weighted by atomic mass is 10.0. The van der Waals surface area contributed by atoms with E-state index in [9.17, 15) is 0 Å². The Bertz CT molecular complexity index is 988. The molecule has 0 amide bonds. The van der Waals surface area contributed by atoms with E-state index in [2.05, 4.69) is 16.0 Å². The first-order chi connectivity index (χ1) is 11.2. The minimum atomic E-state index is 0.721. The molecule has 0 radical (unpaired) electrons. The van der Waals surface area contributed by atoms with E-state index in [0.717, 1.165) is 43.2 Å². The molecule has 0 aliphatic heterocycles. The molecule has 0 atom stereocenters. The molecule has 1 N–H and O–H groups in total. The maximum absolute atomic E-state index is 6.05. The van der Waals surface area contributed by atoms with Gasteiger partial charge in [0.05, 0.1) is 0 Å². The monoisotopic (exact) mass is 338 g/mol. The fraction of sp³-hybridized carbons (Fsp3) is 0. The SMILES string of the molecule is Clc1ccc(-c2cncc(-c3c[nH]c4cc(Cl)ccc34)c2)cc1. The topological polar surface area (TPSA) is 28.7 Å². The molecule has 2 heterocycles. The molecule has 0 aliphatic rings. The Morgan fingerprint density at radius 3 is 2.30 bits per heavy atom. The predicted octanol–water partition coefficient (Wildman–Crippen LogP) is 6.20. The quantitative estimate of drug-likeness (QED) is 0.462. The molecule has 2 aromatic heterocycles. The van der Waals surface area contributed by atoms with Gasteiger partial charge in [-0.25, -0.2) is 0 Å². The third-order valence-electron chi connectivity index (χ3n) is 3.87. The average molecular weight is 339 g/mol. The molecule has 0 unspecified atom stereocenters. The Morgan fingerprint density at radius 2 is 1.48 bits per heavy atom. The van der Waals surface area contributed by atoms with Crippen molar-refractivity contribution in [1.82, 2.24) is 9.97 Å². The molecule has 0 aliphatic carbocycles. The van der Waals surface area contributed by atoms with Crippen molar-refractivity contribution < 1.29 is 0 Å². The standard InChI is InChI=1S/C19H12Cl2N2/c20-15-3-1-12(2-4-15)13-7-14(10-22-9-13)18-11-23-19-8-16(21)5-6-17(18)19/h1-11,23H. The summed E-state index contributed by atoms with van der Waals surface area (Å²) in [6.07, 6.45) is 5.72. The van der Waals surface area contributed by atoms with Crippen molar-refractivity contribution in [2.24, 2.45) is 0 Å². The van der Waals surface area contributed by atoms with Gasteiger partial charge in [0.2, 0.25) is 0 Å². The molecule has 0 fully saturated rings. The molecule has 0 spiro atoms. The van der Waals surface area contributed by atoms with Crippen LogP contribution in [-0.2, 0) is 0 Å². The largest absolute Gasteiger partial charge is 0.360 e. The summed E-state index contributed by atoms with van der Waals surface area (Å²) in [6.45, 7) is 0. The van der Waals surface area contributed by atoms with Gasteiger partial charge in [0.15, 0.2) is 0 Å². The summed E-state index contributed by atoms with van der Waals surface area (Å²) in [5, 5.41) is 2.58. The van der Waals surface area contributed by atoms with Crippen molar-refractivity contribution in [2.75, 3.05) is 0 Å². The Balaban J connectivity index is 1.82. The van der Waals surface area contributed by atoms with E-state index in [1.165, 1.54) is 0 Å². The number of nitrogens with zero attached hydrogens (tertiary/aromatic N) is 1. The summed E-state index contributed by atoms with van der Waals surface area (Å²) in [6, 6.07) is 15.8. The number of hydrogen-bond acceptors (Lipinski definition) is 1. The number of aromatic nitrogens is 2. The van der Waals surface area contributed by atoms with E-state index >= 15 is 0 Å². The molecule has 4 rings (SSSR count). The van der Waals surface area contributed by atoms with Crippen LogP contribution in [0, 0.1) is 0 Å².